The number of fused-ring (bicyclic) bond motifs is 2. The summed E-state index contributed by atoms with van der Waals surface area (Å²) in [5.74, 6) is 4.41. The maximum absolute atomic E-state index is 2.41. The van der Waals surface area contributed by atoms with E-state index < -0.39 is 0 Å². The molecule has 0 N–H and O–H groups in total. The lowest BCUT2D eigenvalue weighted by Crippen LogP contribution is -1.91. The van der Waals surface area contributed by atoms with Crippen LogP contribution in [0.4, 0.5) is 0 Å². The Hall–Kier alpha value is -2.34. The van der Waals surface area contributed by atoms with Gasteiger partial charge in [0.25, 0.3) is 0 Å². The summed E-state index contributed by atoms with van der Waals surface area (Å²) in [4.78, 5) is 0. The van der Waals surface area contributed by atoms with Gasteiger partial charge >= 0.3 is 0 Å². The molecule has 0 heteroatoms. The molecule has 7 aliphatic rings. The minimum absolute atomic E-state index is 0.735. The van der Waals surface area contributed by atoms with Crippen LogP contribution in [0.15, 0.2) is 72.8 Å². The van der Waals surface area contributed by atoms with Gasteiger partial charge in [0.1, 0.15) is 0 Å². The Kier molecular flexibility index (Phi) is 2.79. The Morgan fingerprint density at radius 3 is 0.593 bits per heavy atom. The highest BCUT2D eigenvalue weighted by atomic mass is 14.5. The molecule has 6 atom stereocenters. The minimum Gasteiger partial charge on any atom is -0.0585 e. The van der Waals surface area contributed by atoms with E-state index in [1.165, 1.54) is 52.6 Å². The Bertz CT molecular complexity index is 791. The quantitative estimate of drug-likeness (QED) is 0.418. The zero-order valence-electron chi connectivity index (χ0n) is 15.5. The highest BCUT2D eigenvalue weighted by molar-refractivity contribution is 5.45. The lowest BCUT2D eigenvalue weighted by molar-refractivity contribution is 0.983. The van der Waals surface area contributed by atoms with Gasteiger partial charge in [-0.05, 0) is 88.2 Å². The molecule has 0 saturated heterocycles. The van der Waals surface area contributed by atoms with Crippen molar-refractivity contribution in [2.24, 2.45) is 0 Å². The van der Waals surface area contributed by atoms with E-state index in [4.69, 9.17) is 0 Å². The van der Waals surface area contributed by atoms with E-state index >= 15 is 0 Å². The van der Waals surface area contributed by atoms with Crippen molar-refractivity contribution in [2.45, 2.75) is 54.8 Å². The monoisotopic (exact) mass is 348 g/mol. The molecule has 6 unspecified atom stereocenters. The van der Waals surface area contributed by atoms with Gasteiger partial charge in [-0.2, -0.15) is 0 Å². The first-order valence-electron chi connectivity index (χ1n) is 10.6. The molecule has 6 bridgehead atoms. The van der Waals surface area contributed by atoms with Gasteiger partial charge in [0.05, 0.1) is 0 Å². The zero-order chi connectivity index (χ0) is 17.5. The Morgan fingerprint density at radius 1 is 0.296 bits per heavy atom. The summed E-state index contributed by atoms with van der Waals surface area (Å²) in [5, 5.41) is 0. The van der Waals surface area contributed by atoms with Crippen molar-refractivity contribution >= 4 is 0 Å². The SMILES string of the molecule is c1cc2ccc1C1CC1c1ccc(cc1)C1CC1c1ccc(cc1)C1CC21. The Labute approximate surface area is 161 Å². The van der Waals surface area contributed by atoms with Gasteiger partial charge < -0.3 is 0 Å². The molecule has 0 spiro atoms. The Morgan fingerprint density at radius 2 is 0.444 bits per heavy atom. The van der Waals surface area contributed by atoms with Gasteiger partial charge in [0, 0.05) is 0 Å². The average Bonchev–Trinajstić information content (AvgIpc) is 3.61. The summed E-state index contributed by atoms with van der Waals surface area (Å²) in [5.41, 5.74) is 9.24. The molecule has 10 rings (SSSR count). The molecule has 27 heavy (non-hydrogen) atoms. The maximum atomic E-state index is 2.41. The van der Waals surface area contributed by atoms with Crippen LogP contribution in [0.2, 0.25) is 0 Å². The van der Waals surface area contributed by atoms with Crippen LogP contribution < -0.4 is 0 Å². The summed E-state index contributed by atoms with van der Waals surface area (Å²) in [7, 11) is 0. The molecule has 3 fully saturated rings. The van der Waals surface area contributed by atoms with E-state index in [1.54, 1.807) is 0 Å². The molecule has 0 aromatic heterocycles. The van der Waals surface area contributed by atoms with Crippen LogP contribution in [0.5, 0.6) is 0 Å². The lowest BCUT2D eigenvalue weighted by Gasteiger charge is -2.08. The average molecular weight is 348 g/mol. The summed E-state index contributed by atoms with van der Waals surface area (Å²) in [6, 6.07) is 28.9. The summed E-state index contributed by atoms with van der Waals surface area (Å²) < 4.78 is 0. The molecular weight excluding hydrogens is 324 g/mol. The standard InChI is InChI=1S/C27H24/c1-2-17-4-3-16(1)22-13-24(22)18-5-7-20(8-6-18)26-15-27(26)21-11-9-19(10-12-21)25-14-23(17)25/h1-12,22-27H,13-15H2. The number of hydrogen-bond donors (Lipinski definition) is 0. The van der Waals surface area contributed by atoms with Crippen LogP contribution in [0, 0.1) is 0 Å². The van der Waals surface area contributed by atoms with Gasteiger partial charge in [0.15, 0.2) is 0 Å². The van der Waals surface area contributed by atoms with Gasteiger partial charge in [-0.1, -0.05) is 72.8 Å². The van der Waals surface area contributed by atoms with Crippen molar-refractivity contribution in [1.29, 1.82) is 0 Å². The van der Waals surface area contributed by atoms with Gasteiger partial charge in [-0.3, -0.25) is 0 Å². The smallest absolute Gasteiger partial charge is 0.00868 e. The highest BCUT2D eigenvalue weighted by Gasteiger charge is 2.43. The summed E-state index contributed by atoms with van der Waals surface area (Å²) in [6.07, 6.45) is 3.96. The molecule has 3 aromatic rings. The van der Waals surface area contributed by atoms with E-state index in [0.717, 1.165) is 35.5 Å². The lowest BCUT2D eigenvalue weighted by atomic mass is 9.97. The normalized spacial score (nSPS) is 34.2. The van der Waals surface area contributed by atoms with Crippen LogP contribution in [0.25, 0.3) is 0 Å². The Balaban J connectivity index is 1.30. The van der Waals surface area contributed by atoms with Gasteiger partial charge in [0.2, 0.25) is 0 Å². The third kappa shape index (κ3) is 2.29. The molecule has 132 valence electrons. The first kappa shape index (κ1) is 14.7. The van der Waals surface area contributed by atoms with Crippen molar-refractivity contribution < 1.29 is 0 Å². The molecule has 3 aromatic carbocycles. The van der Waals surface area contributed by atoms with Crippen LogP contribution in [-0.4, -0.2) is 0 Å². The van der Waals surface area contributed by atoms with Crippen LogP contribution in [-0.2, 0) is 0 Å². The maximum Gasteiger partial charge on any atom is -0.00868 e. The van der Waals surface area contributed by atoms with Crippen molar-refractivity contribution in [3.05, 3.63) is 106 Å². The molecule has 0 heterocycles. The first-order valence-corrected chi connectivity index (χ1v) is 10.6. The van der Waals surface area contributed by atoms with Crippen molar-refractivity contribution in [3.8, 4) is 0 Å². The molecule has 3 saturated carbocycles. The van der Waals surface area contributed by atoms with Crippen molar-refractivity contribution in [3.63, 3.8) is 0 Å². The molecule has 0 amide bonds. The fourth-order valence-corrected chi connectivity index (χ4v) is 5.77. The molecule has 0 nitrogen and oxygen atoms in total. The van der Waals surface area contributed by atoms with Crippen LogP contribution in [0.1, 0.15) is 88.2 Å². The topological polar surface area (TPSA) is 0 Å². The predicted molar refractivity (Wildman–Crippen MR) is 110 cm³/mol. The second-order valence-electron chi connectivity index (χ2n) is 9.35. The van der Waals surface area contributed by atoms with E-state index in [0.29, 0.717) is 0 Å². The largest absolute Gasteiger partial charge is 0.0585 e. The second-order valence-corrected chi connectivity index (χ2v) is 9.35. The second kappa shape index (κ2) is 5.13. The van der Waals surface area contributed by atoms with E-state index in [-0.39, 0.29) is 0 Å². The van der Waals surface area contributed by atoms with E-state index in [9.17, 15) is 0 Å². The number of benzene rings is 3. The summed E-state index contributed by atoms with van der Waals surface area (Å²) >= 11 is 0. The molecule has 0 aliphatic heterocycles. The fourth-order valence-electron chi connectivity index (χ4n) is 5.77. The highest BCUT2D eigenvalue weighted by Crippen LogP contribution is 2.59. The summed E-state index contributed by atoms with van der Waals surface area (Å²) in [6.45, 7) is 0. The fraction of sp³-hybridized carbons (Fsp3) is 0.333. The third-order valence-corrected chi connectivity index (χ3v) is 7.75. The van der Waals surface area contributed by atoms with Gasteiger partial charge in [-0.15, -0.1) is 0 Å². The van der Waals surface area contributed by atoms with Crippen molar-refractivity contribution in [1.82, 2.24) is 0 Å². The molecule has 7 aliphatic carbocycles. The van der Waals surface area contributed by atoms with E-state index in [2.05, 4.69) is 72.8 Å². The zero-order valence-corrected chi connectivity index (χ0v) is 15.5. The molecular formula is C27H24. The van der Waals surface area contributed by atoms with Crippen molar-refractivity contribution in [2.75, 3.05) is 0 Å². The molecule has 0 radical (unpaired) electrons. The van der Waals surface area contributed by atoms with Crippen LogP contribution >= 0.6 is 0 Å². The first-order chi connectivity index (χ1) is 13.3. The minimum atomic E-state index is 0.735. The number of rotatable bonds is 0. The predicted octanol–water partition coefficient (Wildman–Crippen LogP) is 6.81. The number of hydrogen-bond acceptors (Lipinski definition) is 0. The third-order valence-electron chi connectivity index (χ3n) is 7.75. The van der Waals surface area contributed by atoms with Crippen LogP contribution in [0.3, 0.4) is 0 Å². The van der Waals surface area contributed by atoms with E-state index in [1.807, 2.05) is 0 Å². The van der Waals surface area contributed by atoms with Gasteiger partial charge in [-0.25, -0.2) is 0 Å².